The summed E-state index contributed by atoms with van der Waals surface area (Å²) in [4.78, 5) is 30.6. The molecular weight excluding hydrogens is 745 g/mol. The number of hydrogen-bond donors (Lipinski definition) is 2. The molecule has 0 aliphatic rings. The van der Waals surface area contributed by atoms with E-state index >= 15 is 0 Å². The van der Waals surface area contributed by atoms with Gasteiger partial charge in [-0.25, -0.2) is 0 Å². The number of nitrogens with two attached hydrogens (primary N) is 2. The summed E-state index contributed by atoms with van der Waals surface area (Å²) in [6, 6.07) is 0. The molecule has 2 atom stereocenters. The van der Waals surface area contributed by atoms with Gasteiger partial charge in [-0.3, -0.25) is 9.59 Å². The largest absolute Gasteiger partial charge is 0.465 e. The monoisotopic (exact) mass is 851 g/mol. The number of carbonyl (C=O) groups excluding carboxylic acids is 2. The Morgan fingerprint density at radius 3 is 0.950 bits per heavy atom. The number of hydrogen-bond acceptors (Lipinski definition) is 8. The molecule has 8 heteroatoms. The molecule has 0 aliphatic heterocycles. The first-order valence-electron chi connectivity index (χ1n) is 26.6. The Labute approximate surface area is 374 Å². The van der Waals surface area contributed by atoms with Crippen LogP contribution in [0.25, 0.3) is 0 Å². The lowest BCUT2D eigenvalue weighted by molar-refractivity contribution is -0.146. The van der Waals surface area contributed by atoms with Crippen molar-refractivity contribution in [2.24, 2.45) is 23.3 Å². The first kappa shape index (κ1) is 58.8. The molecule has 0 fully saturated rings. The average Bonchev–Trinajstić information content (AvgIpc) is 3.25. The van der Waals surface area contributed by atoms with Crippen molar-refractivity contribution >= 4 is 11.9 Å². The molecule has 0 rings (SSSR count). The van der Waals surface area contributed by atoms with E-state index in [1.807, 2.05) is 0 Å². The quantitative estimate of drug-likeness (QED) is 0.0460. The third kappa shape index (κ3) is 40.8. The van der Waals surface area contributed by atoms with Crippen LogP contribution >= 0.6 is 0 Å². The van der Waals surface area contributed by atoms with Gasteiger partial charge in [0, 0.05) is 12.8 Å². The van der Waals surface area contributed by atoms with Gasteiger partial charge in [0.25, 0.3) is 0 Å². The highest BCUT2D eigenvalue weighted by atomic mass is 16.5. The van der Waals surface area contributed by atoms with E-state index in [0.29, 0.717) is 51.0 Å². The molecule has 4 N–H and O–H groups in total. The number of ether oxygens (including phenoxy) is 2. The molecule has 0 aromatic heterocycles. The smallest absolute Gasteiger partial charge is 0.305 e. The zero-order valence-corrected chi connectivity index (χ0v) is 40.9. The Morgan fingerprint density at radius 1 is 0.367 bits per heavy atom. The highest BCUT2D eigenvalue weighted by Gasteiger charge is 2.15. The predicted molar refractivity (Wildman–Crippen MR) is 260 cm³/mol. The third-order valence-corrected chi connectivity index (χ3v) is 12.6. The number of nitrogens with zero attached hydrogens (tertiary/aromatic N) is 2. The van der Waals surface area contributed by atoms with E-state index in [9.17, 15) is 9.59 Å². The summed E-state index contributed by atoms with van der Waals surface area (Å²) >= 11 is 0. The minimum absolute atomic E-state index is 0.0138. The van der Waals surface area contributed by atoms with Gasteiger partial charge in [-0.1, -0.05) is 156 Å². The van der Waals surface area contributed by atoms with Crippen molar-refractivity contribution in [2.45, 2.75) is 246 Å². The first-order chi connectivity index (χ1) is 29.4. The lowest BCUT2D eigenvalue weighted by Gasteiger charge is -2.24. The molecular formula is C52H106N4O4. The van der Waals surface area contributed by atoms with Crippen molar-refractivity contribution in [3.63, 3.8) is 0 Å². The van der Waals surface area contributed by atoms with E-state index in [1.165, 1.54) is 154 Å². The van der Waals surface area contributed by atoms with Crippen molar-refractivity contribution < 1.29 is 19.1 Å². The van der Waals surface area contributed by atoms with Crippen molar-refractivity contribution in [3.05, 3.63) is 0 Å². The van der Waals surface area contributed by atoms with Gasteiger partial charge in [0.1, 0.15) is 0 Å². The highest BCUT2D eigenvalue weighted by Crippen LogP contribution is 2.21. The molecule has 8 nitrogen and oxygen atoms in total. The summed E-state index contributed by atoms with van der Waals surface area (Å²) in [7, 11) is 0. The maximum absolute atomic E-state index is 12.7. The fraction of sp³-hybridized carbons (Fsp3) is 0.962. The summed E-state index contributed by atoms with van der Waals surface area (Å²) in [5.41, 5.74) is 11.8. The predicted octanol–water partition coefficient (Wildman–Crippen LogP) is 13.2. The van der Waals surface area contributed by atoms with Crippen molar-refractivity contribution in [3.8, 4) is 0 Å². The fourth-order valence-corrected chi connectivity index (χ4v) is 8.52. The van der Waals surface area contributed by atoms with Gasteiger partial charge in [-0.2, -0.15) is 0 Å². The maximum atomic E-state index is 12.7. The zero-order chi connectivity index (χ0) is 44.0. The first-order valence-corrected chi connectivity index (χ1v) is 26.6. The third-order valence-electron chi connectivity index (χ3n) is 12.6. The molecule has 0 heterocycles. The van der Waals surface area contributed by atoms with Gasteiger partial charge in [-0.15, -0.1) is 0 Å². The van der Waals surface area contributed by atoms with Crippen LogP contribution in [0.3, 0.4) is 0 Å². The van der Waals surface area contributed by atoms with E-state index in [2.05, 4.69) is 37.5 Å². The van der Waals surface area contributed by atoms with Crippen LogP contribution in [0.1, 0.15) is 246 Å². The molecule has 60 heavy (non-hydrogen) atoms. The Balaban J connectivity index is 4.56. The van der Waals surface area contributed by atoms with Crippen molar-refractivity contribution in [1.29, 1.82) is 0 Å². The van der Waals surface area contributed by atoms with E-state index in [1.54, 1.807) is 0 Å². The molecule has 0 saturated heterocycles. The number of rotatable bonds is 49. The molecule has 0 radical (unpaired) electrons. The second-order valence-corrected chi connectivity index (χ2v) is 18.5. The second kappa shape index (κ2) is 47.3. The number of esters is 2. The summed E-state index contributed by atoms with van der Waals surface area (Å²) in [5.74, 6) is 1.01. The summed E-state index contributed by atoms with van der Waals surface area (Å²) in [6.45, 7) is 17.9. The molecule has 0 bridgehead atoms. The molecule has 0 aliphatic carbocycles. The van der Waals surface area contributed by atoms with Gasteiger partial charge in [-0.05, 0) is 141 Å². The van der Waals surface area contributed by atoms with Crippen LogP contribution in [0.5, 0.6) is 0 Å². The molecule has 0 aromatic rings. The minimum Gasteiger partial charge on any atom is -0.465 e. The summed E-state index contributed by atoms with van der Waals surface area (Å²) in [5, 5.41) is 0. The van der Waals surface area contributed by atoms with E-state index < -0.39 is 0 Å². The zero-order valence-electron chi connectivity index (χ0n) is 40.9. The Hall–Kier alpha value is -1.22. The van der Waals surface area contributed by atoms with Gasteiger partial charge in [0.15, 0.2) is 0 Å². The summed E-state index contributed by atoms with van der Waals surface area (Å²) < 4.78 is 11.7. The van der Waals surface area contributed by atoms with Crippen molar-refractivity contribution in [2.75, 3.05) is 65.6 Å². The normalized spacial score (nSPS) is 12.7. The highest BCUT2D eigenvalue weighted by molar-refractivity contribution is 5.69. The molecule has 0 aromatic carbocycles. The van der Waals surface area contributed by atoms with E-state index in [0.717, 1.165) is 90.6 Å². The Bertz CT molecular complexity index is 822. The molecule has 358 valence electrons. The van der Waals surface area contributed by atoms with Crippen LogP contribution in [0.2, 0.25) is 0 Å². The van der Waals surface area contributed by atoms with E-state index in [4.69, 9.17) is 20.9 Å². The van der Waals surface area contributed by atoms with Crippen LogP contribution in [-0.4, -0.2) is 87.3 Å². The van der Waals surface area contributed by atoms with Crippen LogP contribution in [0.4, 0.5) is 0 Å². The average molecular weight is 851 g/mol. The summed E-state index contributed by atoms with van der Waals surface area (Å²) in [6.07, 6.45) is 40.0. The van der Waals surface area contributed by atoms with Crippen molar-refractivity contribution in [1.82, 2.24) is 9.80 Å². The van der Waals surface area contributed by atoms with Crippen LogP contribution in [0.15, 0.2) is 0 Å². The minimum atomic E-state index is -0.0138. The van der Waals surface area contributed by atoms with Crippen LogP contribution in [-0.2, 0) is 19.1 Å². The van der Waals surface area contributed by atoms with Crippen LogP contribution in [0, 0.1) is 11.8 Å². The van der Waals surface area contributed by atoms with E-state index in [-0.39, 0.29) is 11.9 Å². The lowest BCUT2D eigenvalue weighted by atomic mass is 9.95. The Kier molecular flexibility index (Phi) is 46.3. The molecule has 0 spiro atoms. The molecule has 2 unspecified atom stereocenters. The van der Waals surface area contributed by atoms with Gasteiger partial charge >= 0.3 is 11.9 Å². The second-order valence-electron chi connectivity index (χ2n) is 18.5. The fourth-order valence-electron chi connectivity index (χ4n) is 8.52. The maximum Gasteiger partial charge on any atom is 0.305 e. The standard InChI is InChI=1S/C52H106N4O4/c1-5-9-13-17-19-23-35-49(33-21-15-11-7-3)47-59-51(57)37-25-27-41-55(45-31-39-53)43-29-30-44-56(46-32-40-54)42-28-26-38-52(58)60-48-50(34-22-16-12-8-4)36-24-20-18-14-10-6-2/h49-50H,5-48,53-54H2,1-4H3. The SMILES string of the molecule is CCCCCCCCC(CCCCCC)COC(=O)CCCCN(CCCN)CCCCN(CCCN)CCCCC(=O)OCC(CCCCCC)CCCCCCCC. The topological polar surface area (TPSA) is 111 Å². The Morgan fingerprint density at radius 2 is 0.633 bits per heavy atom. The van der Waals surface area contributed by atoms with Gasteiger partial charge in [0.05, 0.1) is 13.2 Å². The lowest BCUT2D eigenvalue weighted by Crippen LogP contribution is -2.31. The molecule has 0 amide bonds. The van der Waals surface area contributed by atoms with Crippen LogP contribution < -0.4 is 11.5 Å². The number of carbonyl (C=O) groups is 2. The van der Waals surface area contributed by atoms with Gasteiger partial charge < -0.3 is 30.7 Å². The number of unbranched alkanes of at least 4 members (excludes halogenated alkanes) is 19. The molecule has 0 saturated carbocycles. The van der Waals surface area contributed by atoms with Gasteiger partial charge in [0.2, 0.25) is 0 Å².